The quantitative estimate of drug-likeness (QED) is 0.710. The smallest absolute Gasteiger partial charge is 0.0413 e. The van der Waals surface area contributed by atoms with Crippen LogP contribution in [0.25, 0.3) is 0 Å². The molecule has 0 aromatic heterocycles. The summed E-state index contributed by atoms with van der Waals surface area (Å²) in [7, 11) is 0. The van der Waals surface area contributed by atoms with Crippen molar-refractivity contribution in [3.63, 3.8) is 0 Å². The maximum atomic E-state index is 3.77. The molecule has 1 unspecified atom stereocenters. The van der Waals surface area contributed by atoms with E-state index in [1.165, 1.54) is 11.3 Å². The summed E-state index contributed by atoms with van der Waals surface area (Å²) >= 11 is 0. The molecule has 0 fully saturated rings. The number of benzene rings is 1. The highest BCUT2D eigenvalue weighted by molar-refractivity contribution is 5.53. The minimum Gasteiger partial charge on any atom is -0.379 e. The van der Waals surface area contributed by atoms with E-state index >= 15 is 0 Å². The maximum Gasteiger partial charge on any atom is 0.0413 e. The van der Waals surface area contributed by atoms with Crippen molar-refractivity contribution in [1.82, 2.24) is 0 Å². The Bertz CT molecular complexity index is 302. The molecule has 0 spiro atoms. The molecule has 14 heavy (non-hydrogen) atoms. The third kappa shape index (κ3) is 2.63. The molecule has 1 aromatic rings. The predicted octanol–water partition coefficient (Wildman–Crippen LogP) is 3.80. The Balaban J connectivity index is 2.89. The molecule has 0 bridgehead atoms. The zero-order chi connectivity index (χ0) is 10.6. The van der Waals surface area contributed by atoms with Crippen LogP contribution in [-0.2, 0) is 0 Å². The summed E-state index contributed by atoms with van der Waals surface area (Å²) in [5.74, 6) is 0.552. The van der Waals surface area contributed by atoms with Gasteiger partial charge in [0.05, 0.1) is 0 Å². The fourth-order valence-electron chi connectivity index (χ4n) is 1.44. The highest BCUT2D eigenvalue weighted by atomic mass is 14.9. The van der Waals surface area contributed by atoms with E-state index in [0.717, 1.165) is 0 Å². The lowest BCUT2D eigenvalue weighted by Gasteiger charge is -2.17. The highest BCUT2D eigenvalue weighted by Gasteiger charge is 2.06. The van der Waals surface area contributed by atoms with Gasteiger partial charge >= 0.3 is 0 Å². The van der Waals surface area contributed by atoms with Gasteiger partial charge in [-0.25, -0.2) is 0 Å². The van der Waals surface area contributed by atoms with E-state index in [4.69, 9.17) is 0 Å². The monoisotopic (exact) mass is 189 g/mol. The summed E-state index contributed by atoms with van der Waals surface area (Å²) in [6.07, 6.45) is 1.91. The first-order valence-electron chi connectivity index (χ1n) is 5.13. The van der Waals surface area contributed by atoms with Crippen molar-refractivity contribution in [3.05, 3.63) is 42.5 Å². The van der Waals surface area contributed by atoms with Crippen LogP contribution in [0.3, 0.4) is 0 Å². The van der Waals surface area contributed by atoms with Crippen molar-refractivity contribution in [3.8, 4) is 0 Å². The largest absolute Gasteiger partial charge is 0.379 e. The second kappa shape index (κ2) is 4.85. The standard InChI is InChI=1S/C13H19N/c1-5-11(4)14-13-9-7-6-8-12(13)10(2)3/h5-11,14H,1H2,2-4H3. The first-order chi connectivity index (χ1) is 6.65. The number of nitrogens with one attached hydrogen (secondary N) is 1. The van der Waals surface area contributed by atoms with Crippen LogP contribution in [-0.4, -0.2) is 6.04 Å². The van der Waals surface area contributed by atoms with E-state index in [1.54, 1.807) is 0 Å². The number of hydrogen-bond acceptors (Lipinski definition) is 1. The fourth-order valence-corrected chi connectivity index (χ4v) is 1.44. The molecule has 1 rings (SSSR count). The van der Waals surface area contributed by atoms with Crippen molar-refractivity contribution < 1.29 is 0 Å². The van der Waals surface area contributed by atoms with Crippen LogP contribution >= 0.6 is 0 Å². The number of hydrogen-bond donors (Lipinski definition) is 1. The summed E-state index contributed by atoms with van der Waals surface area (Å²) < 4.78 is 0. The van der Waals surface area contributed by atoms with Gasteiger partial charge in [0, 0.05) is 11.7 Å². The maximum absolute atomic E-state index is 3.77. The number of rotatable bonds is 4. The zero-order valence-corrected chi connectivity index (χ0v) is 9.25. The van der Waals surface area contributed by atoms with Gasteiger partial charge in [-0.2, -0.15) is 0 Å². The zero-order valence-electron chi connectivity index (χ0n) is 9.25. The minimum atomic E-state index is 0.315. The van der Waals surface area contributed by atoms with Crippen molar-refractivity contribution >= 4 is 5.69 Å². The van der Waals surface area contributed by atoms with Gasteiger partial charge in [0.2, 0.25) is 0 Å². The van der Waals surface area contributed by atoms with E-state index in [0.29, 0.717) is 12.0 Å². The Morgan fingerprint density at radius 1 is 1.21 bits per heavy atom. The molecule has 1 atom stereocenters. The molecule has 0 saturated carbocycles. The Morgan fingerprint density at radius 3 is 2.43 bits per heavy atom. The van der Waals surface area contributed by atoms with E-state index in [2.05, 4.69) is 56.9 Å². The van der Waals surface area contributed by atoms with Gasteiger partial charge in [-0.15, -0.1) is 6.58 Å². The Hall–Kier alpha value is -1.24. The van der Waals surface area contributed by atoms with Gasteiger partial charge in [-0.3, -0.25) is 0 Å². The highest BCUT2D eigenvalue weighted by Crippen LogP contribution is 2.24. The van der Waals surface area contributed by atoms with Gasteiger partial charge in [0.1, 0.15) is 0 Å². The normalized spacial score (nSPS) is 12.6. The molecule has 0 aliphatic carbocycles. The number of anilines is 1. The molecule has 1 aromatic carbocycles. The van der Waals surface area contributed by atoms with Crippen LogP contribution in [0.4, 0.5) is 5.69 Å². The number of para-hydroxylation sites is 1. The van der Waals surface area contributed by atoms with E-state index in [-0.39, 0.29) is 0 Å². The van der Waals surface area contributed by atoms with Crippen LogP contribution in [0.1, 0.15) is 32.3 Å². The van der Waals surface area contributed by atoms with Crippen LogP contribution in [0.5, 0.6) is 0 Å². The predicted molar refractivity (Wildman–Crippen MR) is 63.8 cm³/mol. The van der Waals surface area contributed by atoms with Crippen molar-refractivity contribution in [1.29, 1.82) is 0 Å². The van der Waals surface area contributed by atoms with Crippen molar-refractivity contribution in [2.24, 2.45) is 0 Å². The minimum absolute atomic E-state index is 0.315. The molecular weight excluding hydrogens is 170 g/mol. The molecule has 1 heteroatoms. The fraction of sp³-hybridized carbons (Fsp3) is 0.385. The third-order valence-electron chi connectivity index (χ3n) is 2.32. The van der Waals surface area contributed by atoms with Gasteiger partial charge in [-0.1, -0.05) is 38.1 Å². The van der Waals surface area contributed by atoms with Crippen LogP contribution < -0.4 is 5.32 Å². The van der Waals surface area contributed by atoms with Crippen LogP contribution in [0.15, 0.2) is 36.9 Å². The Labute approximate surface area is 86.8 Å². The lowest BCUT2D eigenvalue weighted by Crippen LogP contribution is -2.13. The van der Waals surface area contributed by atoms with Crippen LogP contribution in [0.2, 0.25) is 0 Å². The third-order valence-corrected chi connectivity index (χ3v) is 2.32. The summed E-state index contributed by atoms with van der Waals surface area (Å²) in [4.78, 5) is 0. The van der Waals surface area contributed by atoms with Gasteiger partial charge in [0.25, 0.3) is 0 Å². The lowest BCUT2D eigenvalue weighted by atomic mass is 10.0. The second-order valence-electron chi connectivity index (χ2n) is 3.91. The summed E-state index contributed by atoms with van der Waals surface area (Å²) in [6.45, 7) is 10.3. The molecule has 0 amide bonds. The Kier molecular flexibility index (Phi) is 3.75. The van der Waals surface area contributed by atoms with E-state index in [1.807, 2.05) is 6.08 Å². The first-order valence-corrected chi connectivity index (χ1v) is 5.13. The van der Waals surface area contributed by atoms with Crippen molar-refractivity contribution in [2.75, 3.05) is 5.32 Å². The second-order valence-corrected chi connectivity index (χ2v) is 3.91. The molecule has 0 aliphatic rings. The topological polar surface area (TPSA) is 12.0 Å². The summed E-state index contributed by atoms with van der Waals surface area (Å²) in [5, 5.41) is 3.42. The van der Waals surface area contributed by atoms with E-state index < -0.39 is 0 Å². The molecule has 1 N–H and O–H groups in total. The van der Waals surface area contributed by atoms with Crippen LogP contribution in [0, 0.1) is 0 Å². The average Bonchev–Trinajstić information content (AvgIpc) is 2.18. The SMILES string of the molecule is C=CC(C)Nc1ccccc1C(C)C. The first kappa shape index (κ1) is 10.8. The molecule has 0 aliphatic heterocycles. The van der Waals surface area contributed by atoms with Gasteiger partial charge < -0.3 is 5.32 Å². The van der Waals surface area contributed by atoms with Gasteiger partial charge in [0.15, 0.2) is 0 Å². The summed E-state index contributed by atoms with van der Waals surface area (Å²) in [5.41, 5.74) is 2.58. The average molecular weight is 189 g/mol. The summed E-state index contributed by atoms with van der Waals surface area (Å²) in [6, 6.07) is 8.75. The van der Waals surface area contributed by atoms with E-state index in [9.17, 15) is 0 Å². The van der Waals surface area contributed by atoms with Crippen molar-refractivity contribution in [2.45, 2.75) is 32.7 Å². The molecule has 76 valence electrons. The lowest BCUT2D eigenvalue weighted by molar-refractivity contribution is 0.861. The molecular formula is C13H19N. The van der Waals surface area contributed by atoms with Gasteiger partial charge in [-0.05, 0) is 24.5 Å². The molecule has 0 saturated heterocycles. The molecule has 1 nitrogen and oxygen atoms in total. The molecule has 0 heterocycles. The molecule has 0 radical (unpaired) electrons. The Morgan fingerprint density at radius 2 is 1.86 bits per heavy atom.